The third kappa shape index (κ3) is 3.00. The number of benzene rings is 1. The van der Waals surface area contributed by atoms with Gasteiger partial charge in [0.2, 0.25) is 0 Å². The molecule has 0 atom stereocenters. The second-order valence-electron chi connectivity index (χ2n) is 4.23. The highest BCUT2D eigenvalue weighted by Crippen LogP contribution is 2.26. The molecule has 0 radical (unpaired) electrons. The number of carbonyl (C=O) groups is 2. The summed E-state index contributed by atoms with van der Waals surface area (Å²) in [6.45, 7) is 2.11. The van der Waals surface area contributed by atoms with Crippen molar-refractivity contribution in [2.45, 2.75) is 6.92 Å². The van der Waals surface area contributed by atoms with Gasteiger partial charge in [-0.15, -0.1) is 0 Å². The van der Waals surface area contributed by atoms with Crippen molar-refractivity contribution in [3.8, 4) is 0 Å². The van der Waals surface area contributed by atoms with Gasteiger partial charge in [-0.05, 0) is 48.9 Å². The van der Waals surface area contributed by atoms with E-state index in [9.17, 15) is 9.59 Å². The Bertz CT molecular complexity index is 696. The molecule has 1 heterocycles. The number of hydrogen-bond acceptors (Lipinski definition) is 4. The molecule has 3 N–H and O–H groups in total. The van der Waals surface area contributed by atoms with Crippen molar-refractivity contribution in [1.82, 2.24) is 0 Å². The van der Waals surface area contributed by atoms with Crippen molar-refractivity contribution in [2.75, 3.05) is 17.2 Å². The zero-order valence-electron chi connectivity index (χ0n) is 11.2. The normalized spacial score (nSPS) is 10.4. The Balaban J connectivity index is 2.37. The van der Waals surface area contributed by atoms with Gasteiger partial charge >= 0.3 is 5.97 Å². The van der Waals surface area contributed by atoms with E-state index < -0.39 is 11.9 Å². The first kappa shape index (κ1) is 14.9. The molecule has 7 heteroatoms. The quantitative estimate of drug-likeness (QED) is 0.846. The largest absolute Gasteiger partial charge is 0.478 e. The van der Waals surface area contributed by atoms with E-state index in [0.717, 1.165) is 0 Å². The van der Waals surface area contributed by atoms with E-state index in [1.165, 1.54) is 35.2 Å². The van der Waals surface area contributed by atoms with Crippen LogP contribution in [0.25, 0.3) is 0 Å². The summed E-state index contributed by atoms with van der Waals surface area (Å²) >= 11 is 5.66. The van der Waals surface area contributed by atoms with Gasteiger partial charge < -0.3 is 20.2 Å². The Morgan fingerprint density at radius 1 is 1.33 bits per heavy atom. The average molecular weight is 309 g/mol. The molecule has 6 nitrogen and oxygen atoms in total. The summed E-state index contributed by atoms with van der Waals surface area (Å²) in [6, 6.07) is 7.13. The van der Waals surface area contributed by atoms with Gasteiger partial charge in [0, 0.05) is 6.54 Å². The summed E-state index contributed by atoms with van der Waals surface area (Å²) in [5, 5.41) is 9.03. The number of aromatic carboxylic acids is 1. The van der Waals surface area contributed by atoms with Crippen molar-refractivity contribution < 1.29 is 19.1 Å². The molecule has 0 bridgehead atoms. The molecule has 0 aliphatic heterocycles. The van der Waals surface area contributed by atoms with E-state index in [-0.39, 0.29) is 22.2 Å². The molecular weight excluding hydrogens is 296 g/mol. The number of hydrogen-bond donors (Lipinski definition) is 2. The van der Waals surface area contributed by atoms with Gasteiger partial charge in [-0.1, -0.05) is 0 Å². The van der Waals surface area contributed by atoms with Gasteiger partial charge in [0.1, 0.15) is 0 Å². The third-order valence-corrected chi connectivity index (χ3v) is 3.11. The lowest BCUT2D eigenvalue weighted by Crippen LogP contribution is -2.31. The van der Waals surface area contributed by atoms with Gasteiger partial charge in [0.25, 0.3) is 5.91 Å². The highest BCUT2D eigenvalue weighted by Gasteiger charge is 2.21. The van der Waals surface area contributed by atoms with Gasteiger partial charge in [0.15, 0.2) is 11.0 Å². The standard InChI is InChI=1S/C14H13ClN2O4/c1-2-17(13(18)11-5-6-12(15)21-11)10-4-3-8(14(19)20)7-9(10)16/h3-7H,2,16H2,1H3,(H,19,20). The molecule has 110 valence electrons. The number of carboxylic acids is 1. The van der Waals surface area contributed by atoms with Crippen LogP contribution in [-0.4, -0.2) is 23.5 Å². The van der Waals surface area contributed by atoms with Crippen molar-refractivity contribution >= 4 is 34.9 Å². The predicted molar refractivity (Wildman–Crippen MR) is 78.9 cm³/mol. The number of amides is 1. The molecule has 2 rings (SSSR count). The fourth-order valence-electron chi connectivity index (χ4n) is 1.92. The zero-order chi connectivity index (χ0) is 15.6. The Hall–Kier alpha value is -2.47. The number of nitrogen functional groups attached to an aromatic ring is 1. The van der Waals surface area contributed by atoms with Crippen LogP contribution in [0.1, 0.15) is 27.8 Å². The van der Waals surface area contributed by atoms with Gasteiger partial charge in [-0.2, -0.15) is 0 Å². The van der Waals surface area contributed by atoms with Crippen LogP contribution >= 0.6 is 11.6 Å². The fourth-order valence-corrected chi connectivity index (χ4v) is 2.07. The molecule has 0 saturated heterocycles. The van der Waals surface area contributed by atoms with Gasteiger partial charge in [-0.3, -0.25) is 4.79 Å². The van der Waals surface area contributed by atoms with Crippen molar-refractivity contribution in [1.29, 1.82) is 0 Å². The Kier molecular flexibility index (Phi) is 4.18. The minimum Gasteiger partial charge on any atom is -0.478 e. The van der Waals surface area contributed by atoms with E-state index in [1.54, 1.807) is 6.92 Å². The molecule has 0 spiro atoms. The minimum absolute atomic E-state index is 0.0563. The summed E-state index contributed by atoms with van der Waals surface area (Å²) in [5.41, 5.74) is 6.51. The highest BCUT2D eigenvalue weighted by atomic mass is 35.5. The third-order valence-electron chi connectivity index (χ3n) is 2.91. The number of nitrogens with zero attached hydrogens (tertiary/aromatic N) is 1. The van der Waals surface area contributed by atoms with Crippen LogP contribution in [0.15, 0.2) is 34.7 Å². The molecule has 0 saturated carbocycles. The Morgan fingerprint density at radius 2 is 2.05 bits per heavy atom. The summed E-state index contributed by atoms with van der Waals surface area (Å²) in [4.78, 5) is 24.6. The van der Waals surface area contributed by atoms with E-state index in [0.29, 0.717) is 12.2 Å². The van der Waals surface area contributed by atoms with Gasteiger partial charge in [0.05, 0.1) is 16.9 Å². The second-order valence-corrected chi connectivity index (χ2v) is 4.60. The van der Waals surface area contributed by atoms with Crippen LogP contribution in [0.5, 0.6) is 0 Å². The Morgan fingerprint density at radius 3 is 2.52 bits per heavy atom. The summed E-state index contributed by atoms with van der Waals surface area (Å²) in [5.74, 6) is -1.40. The molecule has 1 aromatic heterocycles. The second kappa shape index (κ2) is 5.88. The van der Waals surface area contributed by atoms with Crippen LogP contribution in [-0.2, 0) is 0 Å². The maximum Gasteiger partial charge on any atom is 0.335 e. The molecule has 2 aromatic rings. The average Bonchev–Trinajstić information content (AvgIpc) is 2.87. The van der Waals surface area contributed by atoms with E-state index in [1.807, 2.05) is 0 Å². The van der Waals surface area contributed by atoms with E-state index in [2.05, 4.69) is 0 Å². The van der Waals surface area contributed by atoms with Crippen molar-refractivity contribution in [3.63, 3.8) is 0 Å². The first-order chi connectivity index (χ1) is 9.93. The molecule has 21 heavy (non-hydrogen) atoms. The topological polar surface area (TPSA) is 96.8 Å². The SMILES string of the molecule is CCN(C(=O)c1ccc(Cl)o1)c1ccc(C(=O)O)cc1N. The van der Waals surface area contributed by atoms with Gasteiger partial charge in [-0.25, -0.2) is 4.79 Å². The summed E-state index contributed by atoms with van der Waals surface area (Å²) in [6.07, 6.45) is 0. The van der Waals surface area contributed by atoms with Crippen LogP contribution < -0.4 is 10.6 Å². The number of rotatable bonds is 4. The fraction of sp³-hybridized carbons (Fsp3) is 0.143. The number of anilines is 2. The van der Waals surface area contributed by atoms with Crippen LogP contribution in [0.4, 0.5) is 11.4 Å². The smallest absolute Gasteiger partial charge is 0.335 e. The van der Waals surface area contributed by atoms with Crippen LogP contribution in [0, 0.1) is 0 Å². The predicted octanol–water partition coefficient (Wildman–Crippen LogP) is 2.88. The maximum absolute atomic E-state index is 12.4. The van der Waals surface area contributed by atoms with Crippen LogP contribution in [0.2, 0.25) is 5.22 Å². The molecule has 0 fully saturated rings. The first-order valence-electron chi connectivity index (χ1n) is 6.14. The Labute approximate surface area is 125 Å². The number of nitrogens with two attached hydrogens (primary N) is 1. The van der Waals surface area contributed by atoms with Crippen molar-refractivity contribution in [3.05, 3.63) is 46.9 Å². The molecule has 0 aliphatic rings. The number of carboxylic acid groups (broad SMARTS) is 1. The summed E-state index contributed by atoms with van der Waals surface area (Å²) < 4.78 is 5.09. The molecule has 1 aromatic carbocycles. The zero-order valence-corrected chi connectivity index (χ0v) is 11.9. The number of halogens is 1. The summed E-state index contributed by atoms with van der Waals surface area (Å²) in [7, 11) is 0. The first-order valence-corrected chi connectivity index (χ1v) is 6.51. The number of furan rings is 1. The number of carbonyl (C=O) groups excluding carboxylic acids is 1. The molecule has 0 unspecified atom stereocenters. The highest BCUT2D eigenvalue weighted by molar-refractivity contribution is 6.29. The van der Waals surface area contributed by atoms with Crippen molar-refractivity contribution in [2.24, 2.45) is 0 Å². The maximum atomic E-state index is 12.4. The minimum atomic E-state index is -1.08. The monoisotopic (exact) mass is 308 g/mol. The molecule has 0 aliphatic carbocycles. The van der Waals surface area contributed by atoms with Crippen LogP contribution in [0.3, 0.4) is 0 Å². The molecular formula is C14H13ClN2O4. The lowest BCUT2D eigenvalue weighted by atomic mass is 10.1. The molecule has 1 amide bonds. The van der Waals surface area contributed by atoms with E-state index in [4.69, 9.17) is 26.9 Å². The lowest BCUT2D eigenvalue weighted by molar-refractivity contribution is 0.0697. The van der Waals surface area contributed by atoms with E-state index >= 15 is 0 Å². The lowest BCUT2D eigenvalue weighted by Gasteiger charge is -2.21.